The quantitative estimate of drug-likeness (QED) is 0.790. The number of hydrogen-bond donors (Lipinski definition) is 0. The summed E-state index contributed by atoms with van der Waals surface area (Å²) in [4.78, 5) is 11.9. The highest BCUT2D eigenvalue weighted by Crippen LogP contribution is 2.34. The molecule has 0 bridgehead atoms. The van der Waals surface area contributed by atoms with E-state index >= 15 is 0 Å². The molecule has 0 atom stereocenters. The highest BCUT2D eigenvalue weighted by molar-refractivity contribution is 5.99. The number of rotatable bonds is 4. The van der Waals surface area contributed by atoms with E-state index in [2.05, 4.69) is 0 Å². The Morgan fingerprint density at radius 1 is 1.21 bits per heavy atom. The lowest BCUT2D eigenvalue weighted by atomic mass is 10.0. The number of alkyl halides is 3. The first-order valence-electron chi connectivity index (χ1n) is 5.96. The van der Waals surface area contributed by atoms with Crippen LogP contribution in [0.15, 0.2) is 18.2 Å². The van der Waals surface area contributed by atoms with E-state index in [1.54, 1.807) is 18.2 Å². The van der Waals surface area contributed by atoms with Crippen LogP contribution in [0.4, 0.5) is 13.2 Å². The van der Waals surface area contributed by atoms with Crippen molar-refractivity contribution in [3.63, 3.8) is 0 Å². The second kappa shape index (κ2) is 5.50. The lowest BCUT2D eigenvalue weighted by Gasteiger charge is -2.20. The van der Waals surface area contributed by atoms with Crippen LogP contribution in [-0.4, -0.2) is 25.2 Å². The van der Waals surface area contributed by atoms with Crippen molar-refractivity contribution < 1.29 is 27.4 Å². The summed E-state index contributed by atoms with van der Waals surface area (Å²) < 4.78 is 46.7. The third-order valence-electron chi connectivity index (χ3n) is 2.73. The molecule has 6 heteroatoms. The maximum absolute atomic E-state index is 12.0. The van der Waals surface area contributed by atoms with Crippen molar-refractivity contribution in [1.29, 1.82) is 0 Å². The normalized spacial score (nSPS) is 14.3. The van der Waals surface area contributed by atoms with Crippen LogP contribution in [0.5, 0.6) is 11.5 Å². The summed E-state index contributed by atoms with van der Waals surface area (Å²) in [6.45, 7) is 0.735. The fourth-order valence-corrected chi connectivity index (χ4v) is 1.88. The third-order valence-corrected chi connectivity index (χ3v) is 2.73. The van der Waals surface area contributed by atoms with E-state index in [9.17, 15) is 18.0 Å². The van der Waals surface area contributed by atoms with Crippen LogP contribution in [0.3, 0.4) is 0 Å². The van der Waals surface area contributed by atoms with Gasteiger partial charge in [0, 0.05) is 12.8 Å². The predicted molar refractivity (Wildman–Crippen MR) is 61.7 cm³/mol. The second-order valence-corrected chi connectivity index (χ2v) is 4.22. The average Bonchev–Trinajstić information content (AvgIpc) is 2.36. The Hall–Kier alpha value is -1.72. The smallest absolute Gasteiger partial charge is 0.389 e. The van der Waals surface area contributed by atoms with Crippen molar-refractivity contribution in [2.24, 2.45) is 0 Å². The summed E-state index contributed by atoms with van der Waals surface area (Å²) >= 11 is 0. The molecule has 0 unspecified atom stereocenters. The van der Waals surface area contributed by atoms with Gasteiger partial charge in [-0.25, -0.2) is 0 Å². The molecule has 0 spiro atoms. The van der Waals surface area contributed by atoms with Crippen LogP contribution in [0.1, 0.15) is 29.6 Å². The minimum absolute atomic E-state index is 0.153. The van der Waals surface area contributed by atoms with Gasteiger partial charge in [0.2, 0.25) is 0 Å². The number of carbonyl (C=O) groups is 1. The minimum atomic E-state index is -4.23. The standard InChI is InChI=1S/C13H13F3O3/c14-13(15,16)6-2-4-10(17)9-3-1-5-11-12(9)19-8-7-18-11/h1,3,5H,2,4,6-8H2. The Morgan fingerprint density at radius 3 is 2.68 bits per heavy atom. The van der Waals surface area contributed by atoms with Gasteiger partial charge < -0.3 is 9.47 Å². The molecule has 19 heavy (non-hydrogen) atoms. The van der Waals surface area contributed by atoms with Gasteiger partial charge in [0.15, 0.2) is 17.3 Å². The average molecular weight is 274 g/mol. The molecule has 0 saturated heterocycles. The number of Topliss-reactive ketones (excluding diaryl/α,β-unsaturated/α-hetero) is 1. The van der Waals surface area contributed by atoms with Crippen LogP contribution >= 0.6 is 0 Å². The molecule has 1 aromatic carbocycles. The molecule has 1 aliphatic rings. The Bertz CT molecular complexity index is 469. The highest BCUT2D eigenvalue weighted by Gasteiger charge is 2.27. The van der Waals surface area contributed by atoms with E-state index in [-0.39, 0.29) is 18.6 Å². The van der Waals surface area contributed by atoms with Gasteiger partial charge in [-0.15, -0.1) is 0 Å². The second-order valence-electron chi connectivity index (χ2n) is 4.22. The molecule has 1 heterocycles. The van der Waals surface area contributed by atoms with Gasteiger partial charge >= 0.3 is 6.18 Å². The largest absolute Gasteiger partial charge is 0.486 e. The van der Waals surface area contributed by atoms with Gasteiger partial charge in [0.1, 0.15) is 13.2 Å². The molecule has 0 fully saturated rings. The monoisotopic (exact) mass is 274 g/mol. The highest BCUT2D eigenvalue weighted by atomic mass is 19.4. The molecule has 104 valence electrons. The van der Waals surface area contributed by atoms with Crippen molar-refractivity contribution in [1.82, 2.24) is 0 Å². The molecule has 3 nitrogen and oxygen atoms in total. The summed E-state index contributed by atoms with van der Waals surface area (Å²) in [5, 5.41) is 0. The molecule has 1 aliphatic heterocycles. The van der Waals surface area contributed by atoms with E-state index < -0.39 is 12.6 Å². The Morgan fingerprint density at radius 2 is 1.95 bits per heavy atom. The number of benzene rings is 1. The number of ether oxygens (including phenoxy) is 2. The summed E-state index contributed by atoms with van der Waals surface area (Å²) in [5.74, 6) is 0.449. The Balaban J connectivity index is 2.03. The van der Waals surface area contributed by atoms with Crippen molar-refractivity contribution in [2.45, 2.75) is 25.4 Å². The topological polar surface area (TPSA) is 35.5 Å². The minimum Gasteiger partial charge on any atom is -0.486 e. The fourth-order valence-electron chi connectivity index (χ4n) is 1.88. The maximum Gasteiger partial charge on any atom is 0.389 e. The number of halogens is 3. The maximum atomic E-state index is 12.0. The van der Waals surface area contributed by atoms with Crippen LogP contribution in [0.2, 0.25) is 0 Å². The van der Waals surface area contributed by atoms with Crippen LogP contribution in [-0.2, 0) is 0 Å². The van der Waals surface area contributed by atoms with Crippen molar-refractivity contribution in [3.8, 4) is 11.5 Å². The number of fused-ring (bicyclic) bond motifs is 1. The predicted octanol–water partition coefficient (Wildman–Crippen LogP) is 3.37. The molecule has 1 aromatic rings. The van der Waals surface area contributed by atoms with Crippen molar-refractivity contribution in [3.05, 3.63) is 23.8 Å². The third kappa shape index (κ3) is 3.62. The first-order chi connectivity index (χ1) is 8.97. The zero-order valence-corrected chi connectivity index (χ0v) is 10.1. The molecule has 0 radical (unpaired) electrons. The first-order valence-corrected chi connectivity index (χ1v) is 5.96. The van der Waals surface area contributed by atoms with E-state index in [1.165, 1.54) is 0 Å². The summed E-state index contributed by atoms with van der Waals surface area (Å²) in [6.07, 6.45) is -5.55. The molecule has 0 amide bonds. The SMILES string of the molecule is O=C(CCCC(F)(F)F)c1cccc2c1OCCO2. The molecule has 0 aromatic heterocycles. The van der Waals surface area contributed by atoms with Gasteiger partial charge in [-0.3, -0.25) is 4.79 Å². The lowest BCUT2D eigenvalue weighted by molar-refractivity contribution is -0.135. The van der Waals surface area contributed by atoms with Gasteiger partial charge in [-0.05, 0) is 18.6 Å². The zero-order chi connectivity index (χ0) is 13.9. The van der Waals surface area contributed by atoms with Gasteiger partial charge in [0.05, 0.1) is 5.56 Å². The van der Waals surface area contributed by atoms with Gasteiger partial charge in [0.25, 0.3) is 0 Å². The van der Waals surface area contributed by atoms with Gasteiger partial charge in [-0.1, -0.05) is 6.07 Å². The number of ketones is 1. The summed E-state index contributed by atoms with van der Waals surface area (Å²) in [6, 6.07) is 4.84. The molecule has 0 N–H and O–H groups in total. The molecular weight excluding hydrogens is 261 g/mol. The number of para-hydroxylation sites is 1. The van der Waals surface area contributed by atoms with Crippen LogP contribution < -0.4 is 9.47 Å². The summed E-state index contributed by atoms with van der Waals surface area (Å²) in [5.41, 5.74) is 0.291. The fraction of sp³-hybridized carbons (Fsp3) is 0.462. The molecular formula is C13H13F3O3. The summed E-state index contributed by atoms with van der Waals surface area (Å²) in [7, 11) is 0. The molecule has 2 rings (SSSR count). The lowest BCUT2D eigenvalue weighted by Crippen LogP contribution is -2.18. The molecule has 0 saturated carbocycles. The zero-order valence-electron chi connectivity index (χ0n) is 10.1. The van der Waals surface area contributed by atoms with E-state index in [0.717, 1.165) is 0 Å². The van der Waals surface area contributed by atoms with Crippen LogP contribution in [0.25, 0.3) is 0 Å². The van der Waals surface area contributed by atoms with Gasteiger partial charge in [-0.2, -0.15) is 13.2 Å². The van der Waals surface area contributed by atoms with Crippen molar-refractivity contribution in [2.75, 3.05) is 13.2 Å². The number of hydrogen-bond acceptors (Lipinski definition) is 3. The first kappa shape index (κ1) is 13.7. The van der Waals surface area contributed by atoms with Crippen LogP contribution in [0, 0.1) is 0 Å². The van der Waals surface area contributed by atoms with Crippen molar-refractivity contribution >= 4 is 5.78 Å². The number of carbonyl (C=O) groups excluding carboxylic acids is 1. The van der Waals surface area contributed by atoms with E-state index in [4.69, 9.17) is 9.47 Å². The Kier molecular flexibility index (Phi) is 3.97. The van der Waals surface area contributed by atoms with E-state index in [0.29, 0.717) is 30.3 Å². The van der Waals surface area contributed by atoms with E-state index in [1.807, 2.05) is 0 Å². The Labute approximate surface area is 108 Å². The molecule has 0 aliphatic carbocycles.